The number of aliphatic hydroxyl groups excluding tert-OH is 1. The number of hydrogen-bond acceptors (Lipinski definition) is 12. The predicted octanol–water partition coefficient (Wildman–Crippen LogP) is 8.91. The summed E-state index contributed by atoms with van der Waals surface area (Å²) >= 11 is 0. The molecule has 318 valence electrons. The number of rotatable bonds is 8. The fourth-order valence-corrected chi connectivity index (χ4v) is 9.14. The van der Waals surface area contributed by atoms with Gasteiger partial charge in [0.25, 0.3) is 0 Å². The number of anilines is 1. The van der Waals surface area contributed by atoms with Gasteiger partial charge >= 0.3 is 16.1 Å². The summed E-state index contributed by atoms with van der Waals surface area (Å²) in [5.74, 6) is 0.817. The fourth-order valence-electron chi connectivity index (χ4n) is 8.21. The molecule has 8 aromatic rings. The van der Waals surface area contributed by atoms with E-state index in [1.165, 1.54) is 30.3 Å². The van der Waals surface area contributed by atoms with Crippen molar-refractivity contribution in [2.75, 3.05) is 32.5 Å². The largest absolute Gasteiger partial charge is 0.508 e. The number of aliphatic hydroxyl groups is 1. The minimum atomic E-state index is -4.08. The number of nitrogens with one attached hydrogen (secondary N) is 1. The van der Waals surface area contributed by atoms with Crippen molar-refractivity contribution in [3.63, 3.8) is 0 Å². The third-order valence-electron chi connectivity index (χ3n) is 11.3. The molecule has 3 N–H and O–H groups in total. The number of aryl methyl sites for hydroxylation is 2. The topological polar surface area (TPSA) is 165 Å². The highest BCUT2D eigenvalue weighted by molar-refractivity contribution is 7.87. The number of esters is 1. The van der Waals surface area contributed by atoms with Crippen molar-refractivity contribution in [2.24, 2.45) is 0 Å². The number of carbonyl (C=O) groups is 1. The summed E-state index contributed by atoms with van der Waals surface area (Å²) in [6, 6.07) is 36.5. The number of carbonyl (C=O) groups excluding carboxylic acids is 1. The van der Waals surface area contributed by atoms with Gasteiger partial charge in [0.1, 0.15) is 39.1 Å². The van der Waals surface area contributed by atoms with Gasteiger partial charge < -0.3 is 38.5 Å². The number of phenolic OH excluding ortho intramolecular Hbond substituents is 1. The molecule has 63 heavy (non-hydrogen) atoms. The van der Waals surface area contributed by atoms with Crippen LogP contribution in [0.15, 0.2) is 142 Å². The molecule has 1 aromatic heterocycles. The first kappa shape index (κ1) is 41.2. The summed E-state index contributed by atoms with van der Waals surface area (Å²) in [6.07, 6.45) is 0. The lowest BCUT2D eigenvalue weighted by Gasteiger charge is -2.42. The van der Waals surface area contributed by atoms with Gasteiger partial charge in [-0.1, -0.05) is 66.2 Å². The van der Waals surface area contributed by atoms with E-state index in [0.717, 1.165) is 39.6 Å². The number of benzene rings is 7. The molecule has 1 atom stereocenters. The van der Waals surface area contributed by atoms with Crippen LogP contribution in [-0.4, -0.2) is 56.7 Å². The van der Waals surface area contributed by atoms with E-state index in [2.05, 4.69) is 5.32 Å². The van der Waals surface area contributed by atoms with Crippen molar-refractivity contribution in [3.8, 4) is 23.0 Å². The number of ether oxygens (including phenoxy) is 2. The minimum Gasteiger partial charge on any atom is -0.508 e. The summed E-state index contributed by atoms with van der Waals surface area (Å²) in [6.45, 7) is 4.89. The molecular formula is C50H42N2O10S. The van der Waals surface area contributed by atoms with Crippen molar-refractivity contribution in [1.82, 2.24) is 4.90 Å². The summed E-state index contributed by atoms with van der Waals surface area (Å²) in [5, 5.41) is 25.4. The van der Waals surface area contributed by atoms with Gasteiger partial charge in [-0.15, -0.1) is 0 Å². The monoisotopic (exact) mass is 862 g/mol. The smallest absolute Gasteiger partial charge is 0.340 e. The van der Waals surface area contributed by atoms with E-state index in [1.807, 2.05) is 81.4 Å². The molecule has 1 unspecified atom stereocenters. The van der Waals surface area contributed by atoms with E-state index < -0.39 is 15.7 Å². The molecule has 0 aliphatic carbocycles. The van der Waals surface area contributed by atoms with Crippen LogP contribution in [0.25, 0.3) is 32.7 Å². The molecule has 0 saturated carbocycles. The van der Waals surface area contributed by atoms with Gasteiger partial charge in [0.05, 0.1) is 22.9 Å². The normalized spacial score (nSPS) is 15.0. The van der Waals surface area contributed by atoms with Crippen LogP contribution in [0, 0.1) is 13.8 Å². The molecular weight excluding hydrogens is 821 g/mol. The lowest BCUT2D eigenvalue weighted by molar-refractivity contribution is 0.00957. The first-order chi connectivity index (χ1) is 30.3. The first-order valence-corrected chi connectivity index (χ1v) is 21.6. The zero-order valence-electron chi connectivity index (χ0n) is 34.8. The van der Waals surface area contributed by atoms with Crippen LogP contribution in [0.1, 0.15) is 43.7 Å². The van der Waals surface area contributed by atoms with Crippen LogP contribution in [0.4, 0.5) is 5.69 Å². The molecule has 0 saturated heterocycles. The molecule has 10 rings (SSSR count). The molecule has 0 bridgehead atoms. The molecule has 1 spiro atoms. The van der Waals surface area contributed by atoms with Crippen molar-refractivity contribution in [2.45, 2.75) is 31.0 Å². The van der Waals surface area contributed by atoms with E-state index >= 15 is 0 Å². The molecule has 13 heteroatoms. The first-order valence-electron chi connectivity index (χ1n) is 20.2. The number of hydrogen-bond donors (Lipinski definition) is 3. The number of likely N-dealkylation sites (N-methyl/N-ethyl adjacent to an activating group) is 1. The Morgan fingerprint density at radius 2 is 1.48 bits per heavy atom. The molecule has 0 amide bonds. The predicted molar refractivity (Wildman–Crippen MR) is 241 cm³/mol. The van der Waals surface area contributed by atoms with Crippen LogP contribution < -0.4 is 19.7 Å². The van der Waals surface area contributed by atoms with Crippen LogP contribution in [0.3, 0.4) is 0 Å². The highest BCUT2D eigenvalue weighted by Gasteiger charge is 2.51. The summed E-state index contributed by atoms with van der Waals surface area (Å²) in [7, 11) is -0.182. The van der Waals surface area contributed by atoms with Gasteiger partial charge in [-0.05, 0) is 99.6 Å². The Morgan fingerprint density at radius 1 is 0.762 bits per heavy atom. The van der Waals surface area contributed by atoms with Gasteiger partial charge in [-0.25, -0.2) is 4.79 Å². The molecule has 3 heterocycles. The van der Waals surface area contributed by atoms with Crippen LogP contribution in [-0.2, 0) is 27.1 Å². The average Bonchev–Trinajstić information content (AvgIpc) is 3.25. The summed E-state index contributed by atoms with van der Waals surface area (Å²) in [5.41, 5.74) is 4.99. The SMILES string of the molecule is Cc1ccc(S(=O)(=O)Oc2ccc3oc4c(CO)ccc(NCCN(C)C)c4c(=O)c3c2)cc1.Cc1ccc2c(c1)Oc1cc(O)ccc1C21OC(=O)c2cccc3cccc1c23. The second-order valence-corrected chi connectivity index (χ2v) is 17.4. The summed E-state index contributed by atoms with van der Waals surface area (Å²) in [4.78, 5) is 28.7. The maximum Gasteiger partial charge on any atom is 0.340 e. The summed E-state index contributed by atoms with van der Waals surface area (Å²) < 4.78 is 49.1. The quantitative estimate of drug-likeness (QED) is 0.0756. The van der Waals surface area contributed by atoms with Gasteiger partial charge in [0.2, 0.25) is 5.43 Å². The van der Waals surface area contributed by atoms with Crippen molar-refractivity contribution >= 4 is 54.5 Å². The zero-order chi connectivity index (χ0) is 44.2. The van der Waals surface area contributed by atoms with Crippen LogP contribution >= 0.6 is 0 Å². The van der Waals surface area contributed by atoms with Gasteiger partial charge in [-0.3, -0.25) is 4.79 Å². The third kappa shape index (κ3) is 7.29. The van der Waals surface area contributed by atoms with Crippen LogP contribution in [0.5, 0.6) is 23.0 Å². The highest BCUT2D eigenvalue weighted by atomic mass is 32.2. The maximum absolute atomic E-state index is 13.5. The van der Waals surface area contributed by atoms with Crippen molar-refractivity contribution in [3.05, 3.63) is 177 Å². The van der Waals surface area contributed by atoms with E-state index in [1.54, 1.807) is 48.5 Å². The number of nitrogens with zero attached hydrogens (tertiary/aromatic N) is 1. The number of fused-ring (bicyclic) bond motifs is 7. The second-order valence-electron chi connectivity index (χ2n) is 15.9. The fraction of sp³-hybridized carbons (Fsp3) is 0.160. The van der Waals surface area contributed by atoms with Crippen molar-refractivity contribution < 1.29 is 41.5 Å². The highest BCUT2D eigenvalue weighted by Crippen LogP contribution is 2.56. The molecule has 0 radical (unpaired) electrons. The van der Waals surface area contributed by atoms with Gasteiger partial charge in [0, 0.05) is 52.5 Å². The standard InChI is InChI=1S/C25H26N2O6S.C25H16O4/c1-16-4-8-19(9-5-16)34(30,31)33-18-7-11-22-20(14-18)24(29)23-21(26-12-13-27(2)3)10-6-17(15-28)25(23)32-22;1-14-8-10-18-21(12-14)28-22-13-16(26)9-11-19(22)25(18)20-7-3-5-15-4-2-6-17(23(15)20)24(27)29-25/h4-11,14,26,28H,12-13,15H2,1-3H3;2-13,26H,1H3. The minimum absolute atomic E-state index is 0.000143. The Balaban J connectivity index is 0.000000162. The van der Waals surface area contributed by atoms with Gasteiger partial charge in [-0.2, -0.15) is 8.42 Å². The van der Waals surface area contributed by atoms with Gasteiger partial charge in [0.15, 0.2) is 5.60 Å². The molecule has 7 aromatic carbocycles. The second kappa shape index (κ2) is 15.9. The molecule has 2 aliphatic heterocycles. The lowest BCUT2D eigenvalue weighted by atomic mass is 9.74. The lowest BCUT2D eigenvalue weighted by Crippen LogP contribution is -2.40. The van der Waals surface area contributed by atoms with E-state index in [9.17, 15) is 28.2 Å². The number of phenols is 1. The Labute approximate surface area is 362 Å². The Bertz CT molecular complexity index is 3250. The van der Waals surface area contributed by atoms with Crippen molar-refractivity contribution in [1.29, 1.82) is 0 Å². The van der Waals surface area contributed by atoms with E-state index in [0.29, 0.717) is 40.4 Å². The molecule has 2 aliphatic rings. The zero-order valence-corrected chi connectivity index (χ0v) is 35.6. The van der Waals surface area contributed by atoms with E-state index in [4.69, 9.17) is 18.1 Å². The molecule has 0 fully saturated rings. The molecule has 12 nitrogen and oxygen atoms in total. The average molecular weight is 863 g/mol. The third-order valence-corrected chi connectivity index (χ3v) is 12.5. The number of aromatic hydroxyl groups is 1. The van der Waals surface area contributed by atoms with E-state index in [-0.39, 0.29) is 56.3 Å². The Kier molecular flexibility index (Phi) is 10.4. The Hall–Kier alpha value is -7.19. The van der Waals surface area contributed by atoms with Crippen LogP contribution in [0.2, 0.25) is 0 Å². The maximum atomic E-state index is 13.5. The Morgan fingerprint density at radius 3 is 2.22 bits per heavy atom.